The highest BCUT2D eigenvalue weighted by atomic mass is 32.2. The zero-order chi connectivity index (χ0) is 26.9. The molecule has 0 aromatic heterocycles. The molecule has 37 heavy (non-hydrogen) atoms. The number of anilines is 1. The number of fused-ring (bicyclic) bond motifs is 1. The van der Waals surface area contributed by atoms with Gasteiger partial charge in [0.15, 0.2) is 0 Å². The number of sulfonamides is 1. The molecule has 1 aliphatic heterocycles. The van der Waals surface area contributed by atoms with Gasteiger partial charge in [-0.2, -0.15) is 0 Å². The van der Waals surface area contributed by atoms with Crippen molar-refractivity contribution in [2.45, 2.75) is 44.2 Å². The van der Waals surface area contributed by atoms with Gasteiger partial charge in [0.2, 0.25) is 0 Å². The van der Waals surface area contributed by atoms with Gasteiger partial charge in [0, 0.05) is 5.56 Å². The number of hydrogen-bond donors (Lipinski definition) is 1. The Morgan fingerprint density at radius 2 is 1.76 bits per heavy atom. The maximum absolute atomic E-state index is 14.3. The van der Waals surface area contributed by atoms with E-state index in [0.29, 0.717) is 28.8 Å². The molecular formula is C28H28F2N2O4S. The van der Waals surface area contributed by atoms with Gasteiger partial charge in [0.25, 0.3) is 10.0 Å². The maximum atomic E-state index is 14.3. The molecule has 1 N–H and O–H groups in total. The zero-order valence-corrected chi connectivity index (χ0v) is 21.8. The van der Waals surface area contributed by atoms with Gasteiger partial charge < -0.3 is 10.1 Å². The molecule has 194 valence electrons. The van der Waals surface area contributed by atoms with Crippen molar-refractivity contribution in [3.05, 3.63) is 94.6 Å². The minimum atomic E-state index is -4.03. The van der Waals surface area contributed by atoms with Crippen molar-refractivity contribution in [3.63, 3.8) is 0 Å². The van der Waals surface area contributed by atoms with Crippen molar-refractivity contribution < 1.29 is 26.7 Å². The van der Waals surface area contributed by atoms with Gasteiger partial charge >= 0.3 is 6.09 Å². The number of hydrogen-bond acceptors (Lipinski definition) is 4. The number of aryl methyl sites for hydroxylation is 1. The van der Waals surface area contributed by atoms with Crippen LogP contribution in [0.4, 0.5) is 19.3 Å². The number of allylic oxidation sites excluding steroid dienone is 1. The molecule has 3 aromatic carbocycles. The molecule has 0 fully saturated rings. The number of carbonyl (C=O) groups is 1. The van der Waals surface area contributed by atoms with Gasteiger partial charge in [-0.05, 0) is 79.8 Å². The van der Waals surface area contributed by atoms with Gasteiger partial charge in [-0.3, -0.25) is 4.31 Å². The van der Waals surface area contributed by atoms with E-state index < -0.39 is 39.8 Å². The monoisotopic (exact) mass is 526 g/mol. The number of benzene rings is 3. The Labute approximate surface area is 215 Å². The van der Waals surface area contributed by atoms with Gasteiger partial charge in [0.1, 0.15) is 11.6 Å². The Morgan fingerprint density at radius 3 is 2.41 bits per heavy atom. The molecule has 1 heterocycles. The fourth-order valence-corrected chi connectivity index (χ4v) is 6.48. The molecule has 2 atom stereocenters. The number of methoxy groups -OCH3 is 1. The Bertz CT molecular complexity index is 1470. The van der Waals surface area contributed by atoms with E-state index in [1.807, 2.05) is 13.0 Å². The minimum Gasteiger partial charge on any atom is -0.453 e. The molecule has 3 aromatic rings. The molecule has 1 unspecified atom stereocenters. The highest BCUT2D eigenvalue weighted by molar-refractivity contribution is 7.92. The summed E-state index contributed by atoms with van der Waals surface area (Å²) in [6.45, 7) is 5.13. The topological polar surface area (TPSA) is 75.7 Å². The highest BCUT2D eigenvalue weighted by Gasteiger charge is 2.40. The van der Waals surface area contributed by atoms with E-state index in [4.69, 9.17) is 4.74 Å². The molecule has 9 heteroatoms. The second kappa shape index (κ2) is 10.3. The summed E-state index contributed by atoms with van der Waals surface area (Å²) in [5, 5.41) is 2.74. The summed E-state index contributed by atoms with van der Waals surface area (Å²) >= 11 is 0. The molecule has 0 bridgehead atoms. The average molecular weight is 527 g/mol. The van der Waals surface area contributed by atoms with Crippen LogP contribution in [-0.2, 0) is 21.2 Å². The van der Waals surface area contributed by atoms with Crippen molar-refractivity contribution in [1.82, 2.24) is 5.32 Å². The van der Waals surface area contributed by atoms with Crippen LogP contribution in [0.5, 0.6) is 0 Å². The average Bonchev–Trinajstić information content (AvgIpc) is 2.84. The number of nitrogens with one attached hydrogen (secondary N) is 1. The lowest BCUT2D eigenvalue weighted by Crippen LogP contribution is -2.56. The van der Waals surface area contributed by atoms with Crippen molar-refractivity contribution in [3.8, 4) is 0 Å². The summed E-state index contributed by atoms with van der Waals surface area (Å²) in [6, 6.07) is 14.3. The predicted octanol–water partition coefficient (Wildman–Crippen LogP) is 5.70. The third kappa shape index (κ3) is 5.22. The third-order valence-electron chi connectivity index (χ3n) is 6.51. The van der Waals surface area contributed by atoms with Crippen LogP contribution < -0.4 is 9.62 Å². The first-order valence-electron chi connectivity index (χ1n) is 11.7. The van der Waals surface area contributed by atoms with Crippen LogP contribution in [0.3, 0.4) is 0 Å². The van der Waals surface area contributed by atoms with Crippen LogP contribution in [0.15, 0.2) is 65.6 Å². The van der Waals surface area contributed by atoms with E-state index >= 15 is 0 Å². The summed E-state index contributed by atoms with van der Waals surface area (Å²) in [5.41, 5.74) is 2.72. The van der Waals surface area contributed by atoms with E-state index in [1.54, 1.807) is 50.3 Å². The van der Waals surface area contributed by atoms with Crippen LogP contribution in [0.1, 0.15) is 36.1 Å². The van der Waals surface area contributed by atoms with Crippen molar-refractivity contribution in [2.24, 2.45) is 0 Å². The van der Waals surface area contributed by atoms with Gasteiger partial charge in [0.05, 0.1) is 29.8 Å². The first-order chi connectivity index (χ1) is 17.5. The lowest BCUT2D eigenvalue weighted by atomic mass is 9.92. The SMILES string of the molecule is COC(=O)NC1Cc2ccc(/C=C(\C)c3c(F)cccc3F)cc2N(S(=O)(=O)c2cccc(C)c2)[C@@H]1C. The van der Waals surface area contributed by atoms with Crippen molar-refractivity contribution in [2.75, 3.05) is 11.4 Å². The molecule has 1 amide bonds. The number of amides is 1. The Hall–Kier alpha value is -3.72. The predicted molar refractivity (Wildman–Crippen MR) is 140 cm³/mol. The number of carbonyl (C=O) groups excluding carboxylic acids is 1. The summed E-state index contributed by atoms with van der Waals surface area (Å²) in [6.07, 6.45) is 1.33. The number of halogens is 2. The highest BCUT2D eigenvalue weighted by Crippen LogP contribution is 2.37. The van der Waals surface area contributed by atoms with Crippen LogP contribution in [0, 0.1) is 18.6 Å². The van der Waals surface area contributed by atoms with E-state index in [9.17, 15) is 22.0 Å². The summed E-state index contributed by atoms with van der Waals surface area (Å²) in [5.74, 6) is -1.36. The fraction of sp³-hybridized carbons (Fsp3) is 0.250. The number of ether oxygens (including phenoxy) is 1. The largest absolute Gasteiger partial charge is 0.453 e. The number of alkyl carbamates (subject to hydrolysis) is 1. The quantitative estimate of drug-likeness (QED) is 0.433. The lowest BCUT2D eigenvalue weighted by Gasteiger charge is -2.41. The van der Waals surface area contributed by atoms with E-state index in [2.05, 4.69) is 5.32 Å². The second-order valence-corrected chi connectivity index (χ2v) is 10.9. The van der Waals surface area contributed by atoms with E-state index in [0.717, 1.165) is 5.56 Å². The standard InChI is InChI=1S/C28H28F2N2O4S/c1-17-7-5-8-22(13-17)37(34,35)32-19(3)25(31-28(33)36-4)16-21-12-11-20(15-26(21)32)14-18(2)27-23(29)9-6-10-24(27)30/h5-15,19,25H,16H2,1-4H3,(H,31,33)/b18-14+/t19-,25?/m1/s1. The molecule has 0 saturated carbocycles. The fourth-order valence-electron chi connectivity index (χ4n) is 4.66. The maximum Gasteiger partial charge on any atom is 0.407 e. The zero-order valence-electron chi connectivity index (χ0n) is 21.0. The Morgan fingerprint density at radius 1 is 1.08 bits per heavy atom. The summed E-state index contributed by atoms with van der Waals surface area (Å²) < 4.78 is 62.6. The smallest absolute Gasteiger partial charge is 0.407 e. The van der Waals surface area contributed by atoms with Crippen LogP contribution in [0.25, 0.3) is 11.6 Å². The molecule has 6 nitrogen and oxygen atoms in total. The minimum absolute atomic E-state index is 0.120. The second-order valence-electron chi connectivity index (χ2n) is 9.12. The van der Waals surface area contributed by atoms with Crippen LogP contribution in [-0.4, -0.2) is 33.7 Å². The molecular weight excluding hydrogens is 498 g/mol. The molecule has 1 aliphatic rings. The van der Waals surface area contributed by atoms with Gasteiger partial charge in [-0.25, -0.2) is 22.0 Å². The number of rotatable bonds is 5. The Kier molecular flexibility index (Phi) is 7.36. The van der Waals surface area contributed by atoms with E-state index in [1.165, 1.54) is 35.7 Å². The first-order valence-corrected chi connectivity index (χ1v) is 13.2. The summed E-state index contributed by atoms with van der Waals surface area (Å²) in [4.78, 5) is 12.1. The van der Waals surface area contributed by atoms with Crippen LogP contribution in [0.2, 0.25) is 0 Å². The molecule has 4 rings (SSSR count). The van der Waals surface area contributed by atoms with Crippen molar-refractivity contribution >= 4 is 33.5 Å². The molecule has 0 spiro atoms. The first kappa shape index (κ1) is 26.3. The Balaban J connectivity index is 1.84. The molecule has 0 aliphatic carbocycles. The molecule has 0 saturated heterocycles. The lowest BCUT2D eigenvalue weighted by molar-refractivity contribution is 0.164. The molecule has 0 radical (unpaired) electrons. The number of nitrogens with zero attached hydrogens (tertiary/aromatic N) is 1. The summed E-state index contributed by atoms with van der Waals surface area (Å²) in [7, 11) is -2.79. The van der Waals surface area contributed by atoms with Crippen LogP contribution >= 0.6 is 0 Å². The van der Waals surface area contributed by atoms with E-state index in [-0.39, 0.29) is 10.5 Å². The van der Waals surface area contributed by atoms with Gasteiger partial charge in [-0.1, -0.05) is 36.4 Å². The normalized spacial score (nSPS) is 17.8. The van der Waals surface area contributed by atoms with Gasteiger partial charge in [-0.15, -0.1) is 0 Å². The third-order valence-corrected chi connectivity index (χ3v) is 8.41. The van der Waals surface area contributed by atoms with Crippen molar-refractivity contribution in [1.29, 1.82) is 0 Å².